The van der Waals surface area contributed by atoms with Crippen LogP contribution in [0.5, 0.6) is 23.0 Å². The van der Waals surface area contributed by atoms with Gasteiger partial charge in [-0.05, 0) is 116 Å². The summed E-state index contributed by atoms with van der Waals surface area (Å²) in [5.41, 5.74) is 5.06. The van der Waals surface area contributed by atoms with Crippen molar-refractivity contribution in [3.63, 3.8) is 0 Å². The predicted molar refractivity (Wildman–Crippen MR) is 260 cm³/mol. The Morgan fingerprint density at radius 1 is 0.308 bits per heavy atom. The third-order valence-electron chi connectivity index (χ3n) is 11.2. The van der Waals surface area contributed by atoms with Crippen LogP contribution in [-0.2, 0) is 38.2 Å². The van der Waals surface area contributed by atoms with Gasteiger partial charge < -0.3 is 20.4 Å². The van der Waals surface area contributed by atoms with E-state index in [0.29, 0.717) is 19.6 Å². The maximum atomic E-state index is 12.6. The first-order valence-corrected chi connectivity index (χ1v) is 24.0. The van der Waals surface area contributed by atoms with Crippen LogP contribution in [0.3, 0.4) is 0 Å². The van der Waals surface area contributed by atoms with Crippen LogP contribution in [0.2, 0.25) is 0 Å². The van der Waals surface area contributed by atoms with E-state index in [9.17, 15) is 20.4 Å². The van der Waals surface area contributed by atoms with Gasteiger partial charge in [0.15, 0.2) is 0 Å². The van der Waals surface area contributed by atoms with Crippen molar-refractivity contribution in [1.82, 2.24) is 0 Å². The van der Waals surface area contributed by atoms with Gasteiger partial charge in [-0.2, -0.15) is 0 Å². The van der Waals surface area contributed by atoms with E-state index in [1.54, 1.807) is 24.3 Å². The Kier molecular flexibility index (Phi) is 25.0. The molecule has 4 nitrogen and oxygen atoms in total. The van der Waals surface area contributed by atoms with Gasteiger partial charge in [-0.25, -0.2) is 0 Å². The summed E-state index contributed by atoms with van der Waals surface area (Å²) in [6, 6.07) is 22.4. The van der Waals surface area contributed by atoms with Crippen LogP contribution in [0.25, 0.3) is 0 Å². The molecule has 4 aromatic rings. The van der Waals surface area contributed by atoms with Crippen molar-refractivity contribution >= 4 is 23.5 Å². The number of hydrogen-bond donors (Lipinski definition) is 0. The van der Waals surface area contributed by atoms with E-state index >= 15 is 0 Å². The third kappa shape index (κ3) is 21.4. The van der Waals surface area contributed by atoms with Gasteiger partial charge in [0.05, 0.1) is 0 Å². The molecule has 0 atom stereocenters. The molecular weight excluding hydrogens is 938 g/mol. The van der Waals surface area contributed by atoms with Gasteiger partial charge in [0.1, 0.15) is 0 Å². The van der Waals surface area contributed by atoms with Gasteiger partial charge in [0, 0.05) is 19.6 Å². The average Bonchev–Trinajstić information content (AvgIpc) is 3.04. The summed E-state index contributed by atoms with van der Waals surface area (Å²) in [6.45, 7) is 44.6. The summed E-state index contributed by atoms with van der Waals surface area (Å²) in [6.07, 6.45) is 4.02. The van der Waals surface area contributed by atoms with E-state index in [1.807, 2.05) is 48.5 Å². The van der Waals surface area contributed by atoms with Gasteiger partial charge in [-0.15, -0.1) is 0 Å². The zero-order chi connectivity index (χ0) is 47.7. The number of hydrogen-bond acceptors (Lipinski definition) is 6. The van der Waals surface area contributed by atoms with Crippen LogP contribution in [0.15, 0.2) is 92.4 Å². The van der Waals surface area contributed by atoms with Gasteiger partial charge in [-0.1, -0.05) is 234 Å². The van der Waals surface area contributed by atoms with Crippen molar-refractivity contribution in [3.05, 3.63) is 95.1 Å². The molecule has 0 aliphatic carbocycles. The van der Waals surface area contributed by atoms with E-state index in [2.05, 4.69) is 138 Å². The summed E-state index contributed by atoms with van der Waals surface area (Å²) in [7, 11) is 0. The van der Waals surface area contributed by atoms with Crippen LogP contribution in [-0.4, -0.2) is 0 Å². The van der Waals surface area contributed by atoms with Gasteiger partial charge in [0.25, 0.3) is 0 Å². The smallest absolute Gasteiger partial charge is 0.872 e. The predicted octanol–water partition coefficient (Wildman–Crippen LogP) is 8.83. The SMILES string of the molecule is CC(C)(C)CC(C)(C)c1ccc([O-])c(Sc2cc(C(C)(C)CC(C)(C)C)ccc2[O-])c1.CC(C)(C)CC(C)(C)c1ccc([O-])c(Sc2cc(C(C)(C)CC(C)(C)C)ccc2[O-])c1.[K+].[K+].[Ni+2]. The second-order valence-corrected chi connectivity index (χ2v) is 27.5. The van der Waals surface area contributed by atoms with Crippen LogP contribution >= 0.6 is 23.5 Å². The molecule has 0 aliphatic heterocycles. The topological polar surface area (TPSA) is 92.2 Å². The normalized spacial score (nSPS) is 12.9. The molecule has 0 aromatic heterocycles. The zero-order valence-electron chi connectivity index (χ0n) is 44.5. The molecule has 65 heavy (non-hydrogen) atoms. The second kappa shape index (κ2) is 24.8. The van der Waals surface area contributed by atoms with Crippen LogP contribution in [0.1, 0.15) is 186 Å². The molecule has 9 heteroatoms. The van der Waals surface area contributed by atoms with E-state index in [4.69, 9.17) is 0 Å². The first-order chi connectivity index (χ1) is 27.8. The Labute approximate surface area is 501 Å². The number of rotatable bonds is 12. The molecule has 352 valence electrons. The first kappa shape index (κ1) is 65.5. The van der Waals surface area contributed by atoms with Crippen LogP contribution in [0, 0.1) is 21.7 Å². The van der Waals surface area contributed by atoms with Crippen molar-refractivity contribution < 1.29 is 140 Å². The molecule has 0 fully saturated rings. The molecule has 0 amide bonds. The fourth-order valence-corrected chi connectivity index (χ4v) is 11.9. The minimum Gasteiger partial charge on any atom is -0.872 e. The van der Waals surface area contributed by atoms with E-state index < -0.39 is 0 Å². The summed E-state index contributed by atoms with van der Waals surface area (Å²) in [4.78, 5) is 2.51. The second-order valence-electron chi connectivity index (χ2n) is 25.3. The summed E-state index contributed by atoms with van der Waals surface area (Å²) in [5.74, 6) is -0.115. The molecule has 4 aromatic carbocycles. The zero-order valence-corrected chi connectivity index (χ0v) is 53.4. The Balaban J connectivity index is 0.00000120. The summed E-state index contributed by atoms with van der Waals surface area (Å²) >= 11 is 2.62. The Bertz CT molecular complexity index is 1850. The maximum Gasteiger partial charge on any atom is 2.00 e. The molecule has 0 spiro atoms. The molecule has 4 rings (SSSR count). The number of benzene rings is 4. The molecule has 0 radical (unpaired) electrons. The van der Waals surface area contributed by atoms with E-state index in [-0.39, 0.29) is 186 Å². The fourth-order valence-electron chi connectivity index (χ4n) is 9.98. The van der Waals surface area contributed by atoms with E-state index in [1.165, 1.54) is 23.5 Å². The van der Waals surface area contributed by atoms with Crippen molar-refractivity contribution in [3.8, 4) is 23.0 Å². The third-order valence-corrected chi connectivity index (χ3v) is 13.4. The van der Waals surface area contributed by atoms with Crippen LogP contribution in [0.4, 0.5) is 0 Å². The Hall–Kier alpha value is 0.546. The van der Waals surface area contributed by atoms with Crippen molar-refractivity contribution in [1.29, 1.82) is 0 Å². The molecule has 0 unspecified atom stereocenters. The Morgan fingerprint density at radius 2 is 0.462 bits per heavy atom. The van der Waals surface area contributed by atoms with Gasteiger partial charge >= 0.3 is 119 Å². The summed E-state index contributed by atoms with van der Waals surface area (Å²) < 4.78 is 0. The Morgan fingerprint density at radius 3 is 0.600 bits per heavy atom. The average molecular weight is 1020 g/mol. The quantitative estimate of drug-likeness (QED) is 0.132. The largest absolute Gasteiger partial charge is 2.00 e. The van der Waals surface area contributed by atoms with Gasteiger partial charge in [0.2, 0.25) is 0 Å². The summed E-state index contributed by atoms with van der Waals surface area (Å²) in [5, 5.41) is 50.6. The molecular formula is C56H80K2NiO4S2. The van der Waals surface area contributed by atoms with Gasteiger partial charge in [-0.3, -0.25) is 0 Å². The van der Waals surface area contributed by atoms with Crippen LogP contribution < -0.4 is 123 Å². The maximum absolute atomic E-state index is 12.6. The monoisotopic (exact) mass is 1020 g/mol. The standard InChI is InChI=1S/2C28H42O2S.2K.Ni/c2*1-25(2,3)17-27(7,8)19-11-13-21(29)23(15-19)31-24-16-20(12-14-22(24)30)28(9,10)18-26(4,5)6;;;/h2*11-16,29-30H,17-18H2,1-10H3;;;/q;;2*+1;+2/p-4. The first-order valence-electron chi connectivity index (χ1n) is 22.4. The fraction of sp³-hybridized carbons (Fsp3) is 0.571. The molecule has 0 heterocycles. The molecule has 0 saturated heterocycles. The van der Waals surface area contributed by atoms with E-state index in [0.717, 1.165) is 47.9 Å². The molecule has 0 aliphatic rings. The minimum atomic E-state index is -0.0574. The minimum absolute atomic E-state index is 0. The molecule has 0 bridgehead atoms. The molecule has 0 saturated carbocycles. The van der Waals surface area contributed by atoms with Crippen molar-refractivity contribution in [2.24, 2.45) is 21.7 Å². The van der Waals surface area contributed by atoms with Crippen molar-refractivity contribution in [2.45, 2.75) is 205 Å². The molecule has 0 N–H and O–H groups in total. The van der Waals surface area contributed by atoms with Crippen molar-refractivity contribution in [2.75, 3.05) is 0 Å².